The van der Waals surface area contributed by atoms with Crippen LogP contribution in [0.3, 0.4) is 0 Å². The van der Waals surface area contributed by atoms with Crippen LogP contribution in [0.2, 0.25) is 4.34 Å². The lowest BCUT2D eigenvalue weighted by atomic mass is 10.2. The molecule has 1 aromatic rings. The Morgan fingerprint density at radius 3 is 2.82 bits per heavy atom. The van der Waals surface area contributed by atoms with Gasteiger partial charge in [-0.1, -0.05) is 11.6 Å². The Balaban J connectivity index is 2.35. The summed E-state index contributed by atoms with van der Waals surface area (Å²) in [6.45, 7) is 2.19. The second-order valence-corrected chi connectivity index (χ2v) is 7.47. The van der Waals surface area contributed by atoms with Crippen molar-refractivity contribution in [2.75, 3.05) is 13.1 Å². The molecule has 1 saturated heterocycles. The summed E-state index contributed by atoms with van der Waals surface area (Å²) in [5.74, 6) is -0.275. The Kier molecular flexibility index (Phi) is 3.44. The number of thiophene rings is 1. The maximum atomic E-state index is 12.3. The normalized spacial score (nSPS) is 22.5. The topological polar surface area (TPSA) is 66.5 Å². The van der Waals surface area contributed by atoms with Crippen LogP contribution in [0.15, 0.2) is 16.3 Å². The minimum atomic E-state index is -3.62. The molecular formula is C9H11ClN2O3S2. The Bertz CT molecular complexity index is 540. The number of carbonyl (C=O) groups is 1. The maximum absolute atomic E-state index is 12.3. The van der Waals surface area contributed by atoms with Crippen LogP contribution >= 0.6 is 22.9 Å². The average molecular weight is 295 g/mol. The van der Waals surface area contributed by atoms with E-state index in [1.165, 1.54) is 16.4 Å². The monoisotopic (exact) mass is 294 g/mol. The van der Waals surface area contributed by atoms with Gasteiger partial charge in [-0.3, -0.25) is 4.79 Å². The highest BCUT2D eigenvalue weighted by Gasteiger charge is 2.36. The molecule has 5 nitrogen and oxygen atoms in total. The molecule has 0 aromatic carbocycles. The second kappa shape index (κ2) is 4.56. The van der Waals surface area contributed by atoms with Crippen molar-refractivity contribution in [3.63, 3.8) is 0 Å². The molecule has 17 heavy (non-hydrogen) atoms. The number of sulfonamides is 1. The first-order valence-corrected chi connectivity index (χ1v) is 7.61. The minimum absolute atomic E-state index is 0.170. The lowest BCUT2D eigenvalue weighted by molar-refractivity contribution is -0.126. The number of hydrogen-bond acceptors (Lipinski definition) is 4. The third-order valence-corrected chi connectivity index (χ3v) is 6.22. The molecule has 1 amide bonds. The number of hydrogen-bond donors (Lipinski definition) is 1. The summed E-state index contributed by atoms with van der Waals surface area (Å²) in [6.07, 6.45) is 0. The van der Waals surface area contributed by atoms with Gasteiger partial charge < -0.3 is 5.32 Å². The highest BCUT2D eigenvalue weighted by molar-refractivity contribution is 7.91. The molecule has 0 saturated carbocycles. The number of carbonyl (C=O) groups excluding carboxylic acids is 1. The molecule has 8 heteroatoms. The molecule has 1 aliphatic rings. The van der Waals surface area contributed by atoms with Crippen molar-refractivity contribution in [1.82, 2.24) is 9.62 Å². The van der Waals surface area contributed by atoms with E-state index in [4.69, 9.17) is 11.6 Å². The zero-order valence-corrected chi connectivity index (χ0v) is 11.4. The van der Waals surface area contributed by atoms with Crippen molar-refractivity contribution in [2.24, 2.45) is 0 Å². The second-order valence-electron chi connectivity index (χ2n) is 3.64. The van der Waals surface area contributed by atoms with Crippen LogP contribution in [0.4, 0.5) is 0 Å². The number of amides is 1. The van der Waals surface area contributed by atoms with E-state index in [0.717, 1.165) is 11.3 Å². The van der Waals surface area contributed by atoms with Gasteiger partial charge in [0.25, 0.3) is 10.0 Å². The molecule has 0 aliphatic carbocycles. The predicted octanol–water partition coefficient (Wildman–Crippen LogP) is 0.911. The lowest BCUT2D eigenvalue weighted by Crippen LogP contribution is -2.55. The van der Waals surface area contributed by atoms with Crippen LogP contribution in [-0.2, 0) is 14.8 Å². The molecule has 1 N–H and O–H groups in total. The van der Waals surface area contributed by atoms with Crippen LogP contribution in [0.25, 0.3) is 0 Å². The Morgan fingerprint density at radius 2 is 2.24 bits per heavy atom. The highest BCUT2D eigenvalue weighted by Crippen LogP contribution is 2.29. The van der Waals surface area contributed by atoms with Crippen molar-refractivity contribution in [1.29, 1.82) is 0 Å². The van der Waals surface area contributed by atoms with Crippen molar-refractivity contribution >= 4 is 38.9 Å². The zero-order valence-electron chi connectivity index (χ0n) is 9.01. The molecule has 0 spiro atoms. The van der Waals surface area contributed by atoms with Crippen molar-refractivity contribution in [3.05, 3.63) is 16.5 Å². The Hall–Kier alpha value is -0.630. The number of rotatable bonds is 2. The van der Waals surface area contributed by atoms with Gasteiger partial charge in [0.05, 0.1) is 4.34 Å². The summed E-state index contributed by atoms with van der Waals surface area (Å²) >= 11 is 6.72. The van der Waals surface area contributed by atoms with E-state index in [1.807, 2.05) is 0 Å². The summed E-state index contributed by atoms with van der Waals surface area (Å²) in [4.78, 5) is 11.4. The molecule has 0 radical (unpaired) electrons. The largest absolute Gasteiger partial charge is 0.353 e. The summed E-state index contributed by atoms with van der Waals surface area (Å²) in [5, 5.41) is 2.62. The molecule has 1 aliphatic heterocycles. The van der Waals surface area contributed by atoms with Gasteiger partial charge >= 0.3 is 0 Å². The third kappa shape index (κ3) is 2.33. The molecule has 2 rings (SSSR count). The van der Waals surface area contributed by atoms with Gasteiger partial charge in [-0.05, 0) is 19.1 Å². The van der Waals surface area contributed by atoms with Crippen molar-refractivity contribution < 1.29 is 13.2 Å². The molecule has 1 unspecified atom stereocenters. The fourth-order valence-corrected chi connectivity index (χ4v) is 4.85. The van der Waals surface area contributed by atoms with E-state index in [-0.39, 0.29) is 16.7 Å². The number of halogens is 1. The molecule has 1 fully saturated rings. The summed E-state index contributed by atoms with van der Waals surface area (Å²) in [7, 11) is -3.62. The van der Waals surface area contributed by atoms with Crippen LogP contribution in [-0.4, -0.2) is 37.8 Å². The van der Waals surface area contributed by atoms with Crippen molar-refractivity contribution in [3.8, 4) is 0 Å². The molecule has 1 atom stereocenters. The minimum Gasteiger partial charge on any atom is -0.353 e. The zero-order chi connectivity index (χ0) is 12.6. The van der Waals surface area contributed by atoms with E-state index >= 15 is 0 Å². The Labute approximate surface area is 108 Å². The predicted molar refractivity (Wildman–Crippen MR) is 65.7 cm³/mol. The summed E-state index contributed by atoms with van der Waals surface area (Å²) in [6, 6.07) is 2.31. The van der Waals surface area contributed by atoms with Gasteiger partial charge in [0, 0.05) is 13.1 Å². The van der Waals surface area contributed by atoms with Crippen LogP contribution < -0.4 is 5.32 Å². The number of nitrogens with zero attached hydrogens (tertiary/aromatic N) is 1. The van der Waals surface area contributed by atoms with Crippen molar-refractivity contribution in [2.45, 2.75) is 17.2 Å². The van der Waals surface area contributed by atoms with E-state index in [9.17, 15) is 13.2 Å². The highest BCUT2D eigenvalue weighted by atomic mass is 35.5. The van der Waals surface area contributed by atoms with Gasteiger partial charge in [0.2, 0.25) is 5.91 Å². The molecular weight excluding hydrogens is 284 g/mol. The Morgan fingerprint density at radius 1 is 1.53 bits per heavy atom. The van der Waals surface area contributed by atoms with E-state index in [1.54, 1.807) is 6.92 Å². The van der Waals surface area contributed by atoms with Crippen LogP contribution in [0.1, 0.15) is 6.92 Å². The van der Waals surface area contributed by atoms with E-state index < -0.39 is 16.1 Å². The van der Waals surface area contributed by atoms with Crippen LogP contribution in [0.5, 0.6) is 0 Å². The SMILES string of the molecule is CC1C(=O)NCCN1S(=O)(=O)c1ccc(Cl)s1. The van der Waals surface area contributed by atoms with E-state index in [0.29, 0.717) is 10.9 Å². The first kappa shape index (κ1) is 12.8. The molecule has 1 aromatic heterocycles. The fraction of sp³-hybridized carbons (Fsp3) is 0.444. The maximum Gasteiger partial charge on any atom is 0.253 e. The first-order chi connectivity index (χ1) is 7.93. The van der Waals surface area contributed by atoms with Gasteiger partial charge in [-0.2, -0.15) is 4.31 Å². The first-order valence-electron chi connectivity index (χ1n) is 4.98. The van der Waals surface area contributed by atoms with Gasteiger partial charge in [-0.25, -0.2) is 8.42 Å². The standard InChI is InChI=1S/C9H11ClN2O3S2/c1-6-9(13)11-4-5-12(6)17(14,15)8-3-2-7(10)16-8/h2-3,6H,4-5H2,1H3,(H,11,13). The number of piperazine rings is 1. The summed E-state index contributed by atoms with van der Waals surface area (Å²) < 4.78 is 26.3. The lowest BCUT2D eigenvalue weighted by Gasteiger charge is -2.31. The molecule has 0 bridgehead atoms. The van der Waals surface area contributed by atoms with Gasteiger partial charge in [0.15, 0.2) is 0 Å². The molecule has 94 valence electrons. The van der Waals surface area contributed by atoms with Crippen LogP contribution in [0, 0.1) is 0 Å². The van der Waals surface area contributed by atoms with Gasteiger partial charge in [-0.15, -0.1) is 11.3 Å². The smallest absolute Gasteiger partial charge is 0.253 e. The quantitative estimate of drug-likeness (QED) is 0.882. The summed E-state index contributed by atoms with van der Waals surface area (Å²) in [5.41, 5.74) is 0. The third-order valence-electron chi connectivity index (χ3n) is 2.55. The number of nitrogens with one attached hydrogen (secondary N) is 1. The fourth-order valence-electron chi connectivity index (χ4n) is 1.64. The average Bonchev–Trinajstić information content (AvgIpc) is 2.69. The van der Waals surface area contributed by atoms with Gasteiger partial charge in [0.1, 0.15) is 10.3 Å². The molecule has 2 heterocycles. The van der Waals surface area contributed by atoms with E-state index in [2.05, 4.69) is 5.32 Å².